The zero-order valence-electron chi connectivity index (χ0n) is 16.9. The lowest BCUT2D eigenvalue weighted by Crippen LogP contribution is -2.34. The van der Waals surface area contributed by atoms with Gasteiger partial charge in [0.05, 0.1) is 17.6 Å². The molecule has 0 spiro atoms. The van der Waals surface area contributed by atoms with Gasteiger partial charge in [0.2, 0.25) is 0 Å². The molecule has 0 N–H and O–H groups in total. The Morgan fingerprint density at radius 2 is 1.83 bits per heavy atom. The first-order valence-electron chi connectivity index (χ1n) is 9.94. The summed E-state index contributed by atoms with van der Waals surface area (Å²) in [6.45, 7) is 4.91. The Morgan fingerprint density at radius 1 is 1.10 bits per heavy atom. The third kappa shape index (κ3) is 4.46. The summed E-state index contributed by atoms with van der Waals surface area (Å²) in [5.41, 5.74) is 0.659. The number of hydrogen-bond donors (Lipinski definition) is 0. The van der Waals surface area contributed by atoms with Crippen LogP contribution in [0.15, 0.2) is 30.3 Å². The molecule has 0 aliphatic heterocycles. The lowest BCUT2D eigenvalue weighted by atomic mass is 10.1. The summed E-state index contributed by atoms with van der Waals surface area (Å²) in [4.78, 5) is 18.9. The van der Waals surface area contributed by atoms with Crippen LogP contribution in [0.2, 0.25) is 5.02 Å². The Balaban J connectivity index is 2.03. The van der Waals surface area contributed by atoms with Gasteiger partial charge in [0, 0.05) is 18.1 Å². The minimum Gasteiger partial charge on any atom is -0.331 e. The lowest BCUT2D eigenvalue weighted by Gasteiger charge is -2.23. The molecule has 0 saturated heterocycles. The molecular weight excluding hydrogens is 415 g/mol. The van der Waals surface area contributed by atoms with Crippen LogP contribution in [-0.4, -0.2) is 26.9 Å². The van der Waals surface area contributed by atoms with Gasteiger partial charge in [0.1, 0.15) is 17.2 Å². The molecule has 0 saturated carbocycles. The molecule has 4 nitrogen and oxygen atoms in total. The highest BCUT2D eigenvalue weighted by molar-refractivity contribution is 6.31. The molecule has 0 aliphatic rings. The van der Waals surface area contributed by atoms with E-state index in [2.05, 4.69) is 4.98 Å². The van der Waals surface area contributed by atoms with Gasteiger partial charge in [-0.05, 0) is 43.2 Å². The summed E-state index contributed by atoms with van der Waals surface area (Å²) >= 11 is 6.13. The maximum atomic E-state index is 14.2. The van der Waals surface area contributed by atoms with Crippen molar-refractivity contribution >= 4 is 28.5 Å². The summed E-state index contributed by atoms with van der Waals surface area (Å²) < 4.78 is 44.1. The number of nitrogens with zero attached hydrogens (tertiary/aromatic N) is 3. The number of fused-ring (bicyclic) bond motifs is 1. The fraction of sp³-hybridized carbons (Fsp3) is 0.364. The number of aryl methyl sites for hydroxylation is 1. The zero-order chi connectivity index (χ0) is 21.8. The van der Waals surface area contributed by atoms with Crippen LogP contribution in [0.5, 0.6) is 0 Å². The van der Waals surface area contributed by atoms with Crippen molar-refractivity contribution < 1.29 is 18.0 Å². The molecule has 8 heteroatoms. The summed E-state index contributed by atoms with van der Waals surface area (Å²) in [6.07, 6.45) is 2.23. The molecule has 0 radical (unpaired) electrons. The Hall–Kier alpha value is -2.54. The quantitative estimate of drug-likeness (QED) is 0.408. The van der Waals surface area contributed by atoms with Crippen LogP contribution in [0.1, 0.15) is 49.3 Å². The number of rotatable bonds is 8. The maximum Gasteiger partial charge on any atom is 0.260 e. The molecule has 1 aromatic heterocycles. The van der Waals surface area contributed by atoms with Gasteiger partial charge in [-0.3, -0.25) is 4.79 Å². The van der Waals surface area contributed by atoms with Crippen LogP contribution in [0.4, 0.5) is 13.2 Å². The Labute approximate surface area is 178 Å². The minimum absolute atomic E-state index is 0.0422. The molecule has 0 fully saturated rings. The second-order valence-electron chi connectivity index (χ2n) is 7.11. The topological polar surface area (TPSA) is 38.1 Å². The highest BCUT2D eigenvalue weighted by atomic mass is 35.5. The van der Waals surface area contributed by atoms with Gasteiger partial charge in [-0.1, -0.05) is 31.9 Å². The molecular formula is C22H23ClF3N3O. The largest absolute Gasteiger partial charge is 0.331 e. The minimum atomic E-state index is -1.48. The average Bonchev–Trinajstić information content (AvgIpc) is 3.05. The number of imidazole rings is 1. The molecule has 0 aliphatic carbocycles. The summed E-state index contributed by atoms with van der Waals surface area (Å²) in [5, 5.41) is 0.564. The first kappa shape index (κ1) is 22.2. The van der Waals surface area contributed by atoms with Gasteiger partial charge < -0.3 is 9.47 Å². The third-order valence-corrected chi connectivity index (χ3v) is 5.13. The van der Waals surface area contributed by atoms with Crippen molar-refractivity contribution in [2.45, 2.75) is 46.2 Å². The summed E-state index contributed by atoms with van der Waals surface area (Å²) in [7, 11) is 0. The van der Waals surface area contributed by atoms with Crippen LogP contribution >= 0.6 is 11.6 Å². The van der Waals surface area contributed by atoms with E-state index in [1.807, 2.05) is 18.4 Å². The van der Waals surface area contributed by atoms with Crippen molar-refractivity contribution in [3.05, 3.63) is 64.2 Å². The number of hydrogen-bond acceptors (Lipinski definition) is 2. The van der Waals surface area contributed by atoms with Crippen LogP contribution in [0, 0.1) is 17.5 Å². The monoisotopic (exact) mass is 437 g/mol. The van der Waals surface area contributed by atoms with Crippen molar-refractivity contribution in [2.24, 2.45) is 0 Å². The van der Waals surface area contributed by atoms with Crippen LogP contribution < -0.4 is 0 Å². The number of amides is 1. The van der Waals surface area contributed by atoms with E-state index in [9.17, 15) is 18.0 Å². The summed E-state index contributed by atoms with van der Waals surface area (Å²) in [6, 6.07) is 6.75. The predicted molar refractivity (Wildman–Crippen MR) is 111 cm³/mol. The molecule has 1 amide bonds. The standard InChI is InChI=1S/C22H23ClF3N3O/c1-3-5-11-28(22(30)20-15(24)7-8-16(25)21(20)26)13-19-27-17-9-6-14(23)12-18(17)29(19)10-4-2/h6-9,12H,3-5,10-11,13H2,1-2H3. The van der Waals surface area contributed by atoms with E-state index in [1.54, 1.807) is 18.2 Å². The molecule has 0 bridgehead atoms. The van der Waals surface area contributed by atoms with E-state index < -0.39 is 28.9 Å². The number of benzene rings is 2. The van der Waals surface area contributed by atoms with Gasteiger partial charge in [-0.25, -0.2) is 18.2 Å². The van der Waals surface area contributed by atoms with Crippen molar-refractivity contribution in [3.8, 4) is 0 Å². The maximum absolute atomic E-state index is 14.2. The number of carbonyl (C=O) groups excluding carboxylic acids is 1. The van der Waals surface area contributed by atoms with E-state index in [-0.39, 0.29) is 13.1 Å². The summed E-state index contributed by atoms with van der Waals surface area (Å²) in [5.74, 6) is -4.14. The molecule has 30 heavy (non-hydrogen) atoms. The van der Waals surface area contributed by atoms with Gasteiger partial charge in [-0.2, -0.15) is 0 Å². The first-order valence-corrected chi connectivity index (χ1v) is 10.3. The molecule has 2 aromatic carbocycles. The second kappa shape index (κ2) is 9.51. The molecule has 3 aromatic rings. The highest BCUT2D eigenvalue weighted by Crippen LogP contribution is 2.24. The third-order valence-electron chi connectivity index (χ3n) is 4.90. The van der Waals surface area contributed by atoms with Crippen molar-refractivity contribution in [3.63, 3.8) is 0 Å². The van der Waals surface area contributed by atoms with Gasteiger partial charge in [0.15, 0.2) is 11.6 Å². The lowest BCUT2D eigenvalue weighted by molar-refractivity contribution is 0.0723. The molecule has 0 atom stereocenters. The zero-order valence-corrected chi connectivity index (χ0v) is 17.6. The second-order valence-corrected chi connectivity index (χ2v) is 7.55. The Kier molecular flexibility index (Phi) is 7.02. The van der Waals surface area contributed by atoms with Gasteiger partial charge >= 0.3 is 0 Å². The first-order chi connectivity index (χ1) is 14.4. The fourth-order valence-corrected chi connectivity index (χ4v) is 3.56. The highest BCUT2D eigenvalue weighted by Gasteiger charge is 2.27. The van der Waals surface area contributed by atoms with Crippen LogP contribution in [0.3, 0.4) is 0 Å². The van der Waals surface area contributed by atoms with Gasteiger partial charge in [-0.15, -0.1) is 0 Å². The Bertz CT molecular complexity index is 1070. The molecule has 0 unspecified atom stereocenters. The van der Waals surface area contributed by atoms with Gasteiger partial charge in [0.25, 0.3) is 5.91 Å². The van der Waals surface area contributed by atoms with Crippen LogP contribution in [0.25, 0.3) is 11.0 Å². The van der Waals surface area contributed by atoms with Crippen LogP contribution in [-0.2, 0) is 13.1 Å². The number of aromatic nitrogens is 2. The van der Waals surface area contributed by atoms with E-state index in [0.29, 0.717) is 35.4 Å². The van der Waals surface area contributed by atoms with E-state index in [0.717, 1.165) is 24.4 Å². The fourth-order valence-electron chi connectivity index (χ4n) is 3.39. The SMILES string of the molecule is CCCCN(Cc1nc2ccc(Cl)cc2n1CCC)C(=O)c1c(F)ccc(F)c1F. The predicted octanol–water partition coefficient (Wildman–Crippen LogP) is 5.96. The smallest absolute Gasteiger partial charge is 0.260 e. The number of carbonyl (C=O) groups is 1. The number of unbranched alkanes of at least 4 members (excludes halogenated alkanes) is 1. The van der Waals surface area contributed by atoms with Crippen molar-refractivity contribution in [1.82, 2.24) is 14.5 Å². The van der Waals surface area contributed by atoms with E-state index in [1.165, 1.54) is 4.90 Å². The van der Waals surface area contributed by atoms with E-state index >= 15 is 0 Å². The average molecular weight is 438 g/mol. The molecule has 1 heterocycles. The van der Waals surface area contributed by atoms with Crippen molar-refractivity contribution in [2.75, 3.05) is 6.54 Å². The molecule has 3 rings (SSSR count). The Morgan fingerprint density at radius 3 is 2.53 bits per heavy atom. The van der Waals surface area contributed by atoms with Crippen molar-refractivity contribution in [1.29, 1.82) is 0 Å². The normalized spacial score (nSPS) is 11.3. The molecule has 160 valence electrons. The van der Waals surface area contributed by atoms with E-state index in [4.69, 9.17) is 11.6 Å². The number of halogens is 4.